The van der Waals surface area contributed by atoms with Gasteiger partial charge >= 0.3 is 6.18 Å². The van der Waals surface area contributed by atoms with Crippen LogP contribution in [0.25, 0.3) is 0 Å². The number of benzene rings is 1. The fourth-order valence-corrected chi connectivity index (χ4v) is 1.49. The molecule has 0 saturated heterocycles. The number of anilines is 1. The molecule has 0 amide bonds. The van der Waals surface area contributed by atoms with Crippen LogP contribution in [0.1, 0.15) is 11.3 Å². The van der Waals surface area contributed by atoms with E-state index in [1.807, 2.05) is 6.07 Å². The Morgan fingerprint density at radius 1 is 1.35 bits per heavy atom. The topological polar surface area (TPSA) is 76.9 Å². The van der Waals surface area contributed by atoms with Crippen LogP contribution in [-0.4, -0.2) is 9.78 Å². The largest absolute Gasteiger partial charge is 0.437 e. The number of alkyl halides is 3. The Morgan fingerprint density at radius 3 is 2.60 bits per heavy atom. The van der Waals surface area contributed by atoms with Crippen LogP contribution in [0.2, 0.25) is 0 Å². The van der Waals surface area contributed by atoms with Gasteiger partial charge in [0.05, 0.1) is 17.3 Å². The summed E-state index contributed by atoms with van der Waals surface area (Å²) in [6.07, 6.45) is -4.56. The molecular weight excluding hydrogens is 273 g/mol. The molecule has 2 N–H and O–H groups in total. The van der Waals surface area contributed by atoms with Gasteiger partial charge in [-0.25, -0.2) is 4.68 Å². The van der Waals surface area contributed by atoms with Crippen molar-refractivity contribution in [3.63, 3.8) is 0 Å². The first-order chi connectivity index (χ1) is 9.31. The summed E-state index contributed by atoms with van der Waals surface area (Å²) < 4.78 is 43.8. The third-order valence-corrected chi connectivity index (χ3v) is 2.48. The highest BCUT2D eigenvalue weighted by atomic mass is 19.4. The van der Waals surface area contributed by atoms with Gasteiger partial charge in [0.25, 0.3) is 0 Å². The quantitative estimate of drug-likeness (QED) is 0.859. The predicted molar refractivity (Wildman–Crippen MR) is 63.9 cm³/mol. The third-order valence-electron chi connectivity index (χ3n) is 2.48. The van der Waals surface area contributed by atoms with Gasteiger partial charge in [0.2, 0.25) is 5.88 Å². The van der Waals surface area contributed by atoms with Crippen molar-refractivity contribution in [2.24, 2.45) is 7.05 Å². The summed E-state index contributed by atoms with van der Waals surface area (Å²) >= 11 is 0. The number of hydrogen-bond donors (Lipinski definition) is 1. The molecule has 0 aliphatic heterocycles. The van der Waals surface area contributed by atoms with Gasteiger partial charge in [-0.3, -0.25) is 0 Å². The Labute approximate surface area is 112 Å². The molecule has 5 nitrogen and oxygen atoms in total. The highest BCUT2D eigenvalue weighted by molar-refractivity contribution is 5.57. The maximum Gasteiger partial charge on any atom is 0.435 e. The fourth-order valence-electron chi connectivity index (χ4n) is 1.49. The smallest absolute Gasteiger partial charge is 0.435 e. The first kappa shape index (κ1) is 13.7. The van der Waals surface area contributed by atoms with E-state index in [0.717, 1.165) is 10.7 Å². The summed E-state index contributed by atoms with van der Waals surface area (Å²) in [4.78, 5) is 0. The normalized spacial score (nSPS) is 11.2. The zero-order chi connectivity index (χ0) is 14.9. The summed E-state index contributed by atoms with van der Waals surface area (Å²) in [5, 5.41) is 12.1. The second-order valence-electron chi connectivity index (χ2n) is 3.96. The number of halogens is 3. The van der Waals surface area contributed by atoms with Crippen molar-refractivity contribution in [1.29, 1.82) is 5.26 Å². The number of aromatic nitrogens is 2. The summed E-state index contributed by atoms with van der Waals surface area (Å²) in [7, 11) is 1.31. The molecule has 0 aliphatic carbocycles. The molecule has 0 spiro atoms. The van der Waals surface area contributed by atoms with E-state index in [4.69, 9.17) is 15.7 Å². The van der Waals surface area contributed by atoms with E-state index in [9.17, 15) is 13.2 Å². The van der Waals surface area contributed by atoms with Gasteiger partial charge < -0.3 is 10.5 Å². The molecule has 1 heterocycles. The van der Waals surface area contributed by atoms with Crippen LogP contribution in [0.3, 0.4) is 0 Å². The number of nitriles is 1. The van der Waals surface area contributed by atoms with Crippen molar-refractivity contribution in [3.05, 3.63) is 35.5 Å². The lowest BCUT2D eigenvalue weighted by molar-refractivity contribution is -0.141. The fraction of sp³-hybridized carbons (Fsp3) is 0.167. The third kappa shape index (κ3) is 2.66. The molecule has 8 heteroatoms. The van der Waals surface area contributed by atoms with Gasteiger partial charge in [0.15, 0.2) is 11.4 Å². The van der Waals surface area contributed by atoms with Crippen molar-refractivity contribution < 1.29 is 17.9 Å². The van der Waals surface area contributed by atoms with Crippen LogP contribution in [0.5, 0.6) is 11.6 Å². The number of nitrogens with two attached hydrogens (primary N) is 1. The van der Waals surface area contributed by atoms with Crippen molar-refractivity contribution in [1.82, 2.24) is 9.78 Å². The molecule has 0 radical (unpaired) electrons. The summed E-state index contributed by atoms with van der Waals surface area (Å²) in [6, 6.07) is 6.91. The molecule has 20 heavy (non-hydrogen) atoms. The molecule has 2 aromatic rings. The molecule has 1 aromatic heterocycles. The van der Waals surface area contributed by atoms with E-state index < -0.39 is 11.9 Å². The minimum absolute atomic E-state index is 0.0979. The number of nitrogens with zero attached hydrogens (tertiary/aromatic N) is 3. The van der Waals surface area contributed by atoms with Crippen molar-refractivity contribution in [2.45, 2.75) is 6.18 Å². The first-order valence-corrected chi connectivity index (χ1v) is 5.40. The number of aryl methyl sites for hydroxylation is 1. The van der Waals surface area contributed by atoms with Crippen molar-refractivity contribution in [2.75, 3.05) is 5.73 Å². The number of ether oxygens (including phenoxy) is 1. The lowest BCUT2D eigenvalue weighted by Gasteiger charge is -2.08. The minimum atomic E-state index is -4.56. The van der Waals surface area contributed by atoms with E-state index in [1.54, 1.807) is 0 Å². The lowest BCUT2D eigenvalue weighted by atomic mass is 10.2. The molecule has 0 atom stereocenters. The molecule has 0 bridgehead atoms. The molecular formula is C12H9F3N4O. The number of hydrogen-bond acceptors (Lipinski definition) is 4. The van der Waals surface area contributed by atoms with Crippen LogP contribution < -0.4 is 10.5 Å². The van der Waals surface area contributed by atoms with Crippen LogP contribution in [0.15, 0.2) is 24.3 Å². The highest BCUT2D eigenvalue weighted by Gasteiger charge is 2.35. The Balaban J connectivity index is 2.36. The molecule has 0 unspecified atom stereocenters. The van der Waals surface area contributed by atoms with Crippen molar-refractivity contribution >= 4 is 5.69 Å². The van der Waals surface area contributed by atoms with E-state index in [2.05, 4.69) is 5.10 Å². The van der Waals surface area contributed by atoms with Gasteiger partial charge in [-0.05, 0) is 12.1 Å². The lowest BCUT2D eigenvalue weighted by Crippen LogP contribution is -2.06. The maximum atomic E-state index is 12.5. The molecule has 0 aliphatic rings. The first-order valence-electron chi connectivity index (χ1n) is 5.40. The average Bonchev–Trinajstić information content (AvgIpc) is 2.74. The second-order valence-corrected chi connectivity index (χ2v) is 3.96. The van der Waals surface area contributed by atoms with Crippen LogP contribution in [0.4, 0.5) is 18.9 Å². The van der Waals surface area contributed by atoms with E-state index in [1.165, 1.54) is 25.2 Å². The van der Waals surface area contributed by atoms with Gasteiger partial charge in [-0.15, -0.1) is 0 Å². The Bertz CT molecular complexity index is 685. The van der Waals surface area contributed by atoms with Crippen LogP contribution in [0, 0.1) is 11.3 Å². The summed E-state index contributed by atoms with van der Waals surface area (Å²) in [5.41, 5.74) is 5.08. The van der Waals surface area contributed by atoms with Gasteiger partial charge in [0.1, 0.15) is 0 Å². The molecule has 104 valence electrons. The average molecular weight is 282 g/mol. The van der Waals surface area contributed by atoms with E-state index in [0.29, 0.717) is 0 Å². The van der Waals surface area contributed by atoms with E-state index >= 15 is 0 Å². The molecule has 0 saturated carbocycles. The number of rotatable bonds is 2. The molecule has 1 aromatic carbocycles. The van der Waals surface area contributed by atoms with E-state index in [-0.39, 0.29) is 22.9 Å². The van der Waals surface area contributed by atoms with Crippen LogP contribution in [-0.2, 0) is 13.2 Å². The van der Waals surface area contributed by atoms with Crippen molar-refractivity contribution in [3.8, 4) is 17.7 Å². The Hall–Kier alpha value is -2.69. The molecule has 0 fully saturated rings. The Morgan fingerprint density at radius 2 is 2.05 bits per heavy atom. The zero-order valence-electron chi connectivity index (χ0n) is 10.3. The van der Waals surface area contributed by atoms with Crippen LogP contribution >= 0.6 is 0 Å². The monoisotopic (exact) mass is 282 g/mol. The SMILES string of the molecule is Cn1nc(C(F)(F)F)cc1Oc1cc(C#N)ccc1N. The number of nitrogen functional groups attached to an aromatic ring is 1. The van der Waals surface area contributed by atoms with Gasteiger partial charge in [0, 0.05) is 19.2 Å². The maximum absolute atomic E-state index is 12.5. The second kappa shape index (κ2) is 4.77. The summed E-state index contributed by atoms with van der Waals surface area (Å²) in [5.74, 6) is -0.0279. The predicted octanol–water partition coefficient (Wildman–Crippen LogP) is 2.69. The Kier molecular flexibility index (Phi) is 3.28. The highest BCUT2D eigenvalue weighted by Crippen LogP contribution is 2.33. The molecule has 2 rings (SSSR count). The summed E-state index contributed by atoms with van der Waals surface area (Å²) in [6.45, 7) is 0. The van der Waals surface area contributed by atoms with Gasteiger partial charge in [-0.1, -0.05) is 0 Å². The minimum Gasteiger partial charge on any atom is -0.437 e. The zero-order valence-corrected chi connectivity index (χ0v) is 10.3. The van der Waals surface area contributed by atoms with Gasteiger partial charge in [-0.2, -0.15) is 23.5 Å². The standard InChI is InChI=1S/C12H9F3N4O/c1-19-11(5-10(18-19)12(13,14)15)20-9-4-7(6-16)2-3-8(9)17/h2-5H,17H2,1H3.